The quantitative estimate of drug-likeness (QED) is 0.0674. The second-order valence-electron chi connectivity index (χ2n) is 18.9. The first-order chi connectivity index (χ1) is 37.1. The fourth-order valence-corrected chi connectivity index (χ4v) is 9.40. The van der Waals surface area contributed by atoms with Crippen LogP contribution in [-0.4, -0.2) is 138 Å². The third kappa shape index (κ3) is 11.3. The van der Waals surface area contributed by atoms with Gasteiger partial charge in [0.15, 0.2) is 17.3 Å². The van der Waals surface area contributed by atoms with Crippen LogP contribution in [0.15, 0.2) is 78.0 Å². The van der Waals surface area contributed by atoms with E-state index in [1.54, 1.807) is 49.3 Å². The number of aromatic nitrogens is 7. The van der Waals surface area contributed by atoms with Crippen molar-refractivity contribution in [1.29, 1.82) is 0 Å². The molecule has 0 atom stereocenters. The summed E-state index contributed by atoms with van der Waals surface area (Å²) in [6, 6.07) is 16.9. The number of nitrogens with zero attached hydrogens (tertiary/aromatic N) is 10. The van der Waals surface area contributed by atoms with E-state index in [0.29, 0.717) is 98.4 Å². The topological polar surface area (TPSA) is 292 Å². The molecule has 5 heterocycles. The number of carbonyl (C=O) groups is 4. The molecule has 4 amide bonds. The molecule has 7 N–H and O–H groups in total. The molecule has 2 aliphatic heterocycles. The van der Waals surface area contributed by atoms with Crippen LogP contribution in [0, 0.1) is 13.8 Å². The lowest BCUT2D eigenvalue weighted by molar-refractivity contribution is 0.0937. The number of aryl methyl sites for hydroxylation is 2. The summed E-state index contributed by atoms with van der Waals surface area (Å²) in [7, 11) is 1.54. The minimum atomic E-state index is -0.557. The van der Waals surface area contributed by atoms with Gasteiger partial charge in [-0.25, -0.2) is 19.7 Å². The Morgan fingerprint density at radius 2 is 1.58 bits per heavy atom. The van der Waals surface area contributed by atoms with Crippen molar-refractivity contribution < 1.29 is 43.6 Å². The zero-order valence-electron chi connectivity index (χ0n) is 43.6. The number of hydrogen-bond acceptors (Lipinski definition) is 17. The Morgan fingerprint density at radius 3 is 2.27 bits per heavy atom. The second-order valence-corrected chi connectivity index (χ2v) is 18.9. The number of piperazine rings is 1. The van der Waals surface area contributed by atoms with Crippen LogP contribution in [0.5, 0.6) is 28.7 Å². The number of carbonyl (C=O) groups excluding carboxylic acids is 4. The maximum absolute atomic E-state index is 13.5. The molecule has 7 aromatic rings. The van der Waals surface area contributed by atoms with Crippen molar-refractivity contribution in [2.75, 3.05) is 70.6 Å². The lowest BCUT2D eigenvalue weighted by atomic mass is 9.98. The number of nitrogens with two attached hydrogens (primary N) is 1. The molecule has 0 spiro atoms. The highest BCUT2D eigenvalue weighted by molar-refractivity contribution is 5.97. The van der Waals surface area contributed by atoms with E-state index in [0.717, 1.165) is 34.4 Å². The Balaban J connectivity index is 0.767. The average Bonchev–Trinajstić information content (AvgIpc) is 4.13. The van der Waals surface area contributed by atoms with Crippen molar-refractivity contribution in [3.63, 3.8) is 0 Å². The minimum absolute atomic E-state index is 0.0244. The van der Waals surface area contributed by atoms with Gasteiger partial charge in [0.05, 0.1) is 24.8 Å². The molecule has 0 unspecified atom stereocenters. The summed E-state index contributed by atoms with van der Waals surface area (Å²) in [5, 5.41) is 39.6. The van der Waals surface area contributed by atoms with Gasteiger partial charge in [-0.2, -0.15) is 4.99 Å². The predicted octanol–water partition coefficient (Wildman–Crippen LogP) is 5.25. The second kappa shape index (κ2) is 22.8. The summed E-state index contributed by atoms with van der Waals surface area (Å²) in [6.07, 6.45) is 2.92. The van der Waals surface area contributed by atoms with E-state index >= 15 is 0 Å². The van der Waals surface area contributed by atoms with Crippen molar-refractivity contribution >= 4 is 46.5 Å². The van der Waals surface area contributed by atoms with Crippen LogP contribution in [0.25, 0.3) is 28.0 Å². The molecule has 3 aromatic heterocycles. The first-order valence-corrected chi connectivity index (χ1v) is 25.2. The van der Waals surface area contributed by atoms with Crippen LogP contribution in [0.2, 0.25) is 0 Å². The Morgan fingerprint density at radius 1 is 0.857 bits per heavy atom. The summed E-state index contributed by atoms with van der Waals surface area (Å²) in [5.74, 6) is 0.603. The number of anilines is 2. The highest BCUT2D eigenvalue weighted by atomic mass is 16.6. The van der Waals surface area contributed by atoms with Crippen molar-refractivity contribution in [3.05, 3.63) is 118 Å². The molecule has 0 saturated carbocycles. The van der Waals surface area contributed by atoms with Crippen molar-refractivity contribution in [3.8, 4) is 45.8 Å². The molecule has 0 aliphatic carbocycles. The maximum atomic E-state index is 13.5. The fourth-order valence-electron chi connectivity index (χ4n) is 9.40. The van der Waals surface area contributed by atoms with Crippen LogP contribution >= 0.6 is 0 Å². The number of benzene rings is 4. The highest BCUT2D eigenvalue weighted by Gasteiger charge is 2.27. The number of rotatable bonds is 16. The van der Waals surface area contributed by atoms with E-state index in [2.05, 4.69) is 46.0 Å². The van der Waals surface area contributed by atoms with E-state index < -0.39 is 17.9 Å². The molecule has 0 radical (unpaired) electrons. The zero-order valence-corrected chi connectivity index (χ0v) is 43.6. The number of aromatic hydroxyl groups is 2. The van der Waals surface area contributed by atoms with Crippen LogP contribution in [0.4, 0.5) is 16.6 Å². The van der Waals surface area contributed by atoms with Crippen LogP contribution in [0.1, 0.15) is 86.7 Å². The van der Waals surface area contributed by atoms with Crippen molar-refractivity contribution in [2.45, 2.75) is 60.0 Å². The van der Waals surface area contributed by atoms with E-state index in [1.807, 2.05) is 56.5 Å². The van der Waals surface area contributed by atoms with Gasteiger partial charge in [-0.05, 0) is 97.8 Å². The zero-order chi connectivity index (χ0) is 54.5. The van der Waals surface area contributed by atoms with Gasteiger partial charge in [0, 0.05) is 94.0 Å². The summed E-state index contributed by atoms with van der Waals surface area (Å²) in [5.41, 5.74) is 10.4. The summed E-state index contributed by atoms with van der Waals surface area (Å²) >= 11 is 0. The Bertz CT molecular complexity index is 3440. The summed E-state index contributed by atoms with van der Waals surface area (Å²) in [6.45, 7) is 14.5. The van der Waals surface area contributed by atoms with Crippen LogP contribution in [-0.2, 0) is 13.1 Å². The number of phenols is 2. The molecule has 400 valence electrons. The first-order valence-electron chi connectivity index (χ1n) is 25.2. The number of hydrogen-bond donors (Lipinski definition) is 6. The molecule has 23 nitrogen and oxygen atoms in total. The van der Waals surface area contributed by atoms with Gasteiger partial charge < -0.3 is 51.0 Å². The van der Waals surface area contributed by atoms with Crippen LogP contribution in [0.3, 0.4) is 0 Å². The van der Waals surface area contributed by atoms with Crippen molar-refractivity contribution in [2.24, 2.45) is 4.99 Å². The summed E-state index contributed by atoms with van der Waals surface area (Å²) in [4.78, 5) is 73.9. The fraction of sp³-hybridized carbons (Fsp3) is 0.333. The number of nitrogen functional groups attached to an aromatic ring is 1. The molecular formula is C54H60N14O9. The number of methoxy groups -OCH3 is 1. The first kappa shape index (κ1) is 52.7. The molecule has 9 rings (SSSR count). The SMILES string of the molecule is CCNC(=O)c1nnc(-c2cc(C(C)C)c(O)cc2O)n1-c1ccc(C(=O)NCc2cc(C)c(OC(=O)N3CCN(CCCOc4ccc5c6n(c(=NC(=O)c7cnc(N)nc7)nc5c4OC)CCN6)CC3)c(C)c2)cc1. The van der Waals surface area contributed by atoms with E-state index in [-0.39, 0.29) is 64.2 Å². The molecule has 23 heteroatoms. The van der Waals surface area contributed by atoms with E-state index in [1.165, 1.54) is 23.0 Å². The van der Waals surface area contributed by atoms with Gasteiger partial charge in [0.2, 0.25) is 17.4 Å². The van der Waals surface area contributed by atoms with Gasteiger partial charge in [-0.3, -0.25) is 28.4 Å². The van der Waals surface area contributed by atoms with Crippen molar-refractivity contribution in [1.82, 2.24) is 54.7 Å². The Kier molecular flexibility index (Phi) is 15.6. The third-order valence-corrected chi connectivity index (χ3v) is 13.3. The summed E-state index contributed by atoms with van der Waals surface area (Å²) < 4.78 is 21.4. The molecular weight excluding hydrogens is 989 g/mol. The van der Waals surface area contributed by atoms with Gasteiger partial charge in [-0.15, -0.1) is 10.2 Å². The maximum Gasteiger partial charge on any atom is 0.415 e. The number of amides is 4. The number of ether oxygens (including phenoxy) is 3. The molecule has 4 aromatic carbocycles. The predicted molar refractivity (Wildman–Crippen MR) is 285 cm³/mol. The third-order valence-electron chi connectivity index (χ3n) is 13.3. The van der Waals surface area contributed by atoms with Gasteiger partial charge in [-0.1, -0.05) is 26.0 Å². The van der Waals surface area contributed by atoms with Gasteiger partial charge >= 0.3 is 6.09 Å². The largest absolute Gasteiger partial charge is 0.508 e. The normalized spacial score (nSPS) is 13.6. The molecule has 1 saturated heterocycles. The number of nitrogens with one attached hydrogen (secondary N) is 3. The van der Waals surface area contributed by atoms with E-state index in [4.69, 9.17) is 24.9 Å². The number of phenolic OH excluding ortho intramolecular Hbond substituents is 2. The molecule has 77 heavy (non-hydrogen) atoms. The highest BCUT2D eigenvalue weighted by Crippen LogP contribution is 2.39. The lowest BCUT2D eigenvalue weighted by Gasteiger charge is -2.34. The van der Waals surface area contributed by atoms with Gasteiger partial charge in [0.25, 0.3) is 17.7 Å². The average molecular weight is 1050 g/mol. The molecule has 0 bridgehead atoms. The van der Waals surface area contributed by atoms with Gasteiger partial charge in [0.1, 0.15) is 28.6 Å². The minimum Gasteiger partial charge on any atom is -0.508 e. The monoisotopic (exact) mass is 1050 g/mol. The smallest absolute Gasteiger partial charge is 0.415 e. The standard InChI is InChI=1S/C54H60N14O9/c1-7-56-51(73)48-64-63-47(39-25-38(30(2)3)40(69)26-41(39)70)68(48)36-11-9-34(10-12-36)49(71)58-27-33-23-31(4)44(32(5)24-33)77-54(74)66-20-18-65(19-21-66)16-8-22-76-42-14-13-37-43(45(42)75-6)61-53(67-17-15-57-46(37)67)62-50(72)35-28-59-52(55)60-29-35/h9-14,23-26,28-30,57,69-70H,7-8,15-22,27H2,1-6H3,(H,56,73)(H,58,71)(H2,55,59,60). The molecule has 2 aliphatic rings. The Hall–Kier alpha value is -9.12. The number of fused-ring (bicyclic) bond motifs is 3. The molecule has 1 fully saturated rings. The van der Waals surface area contributed by atoms with E-state index in [9.17, 15) is 29.4 Å². The lowest BCUT2D eigenvalue weighted by Crippen LogP contribution is -2.49. The van der Waals surface area contributed by atoms with Crippen LogP contribution < -0.4 is 41.5 Å². The Labute approximate surface area is 442 Å².